The first kappa shape index (κ1) is 10.7. The molecule has 3 heteroatoms. The monoisotopic (exact) mass is 257 g/mol. The topological polar surface area (TPSA) is 12.9 Å². The third-order valence-corrected chi connectivity index (χ3v) is 4.67. The molecule has 0 atom stereocenters. The van der Waals surface area contributed by atoms with Crippen molar-refractivity contribution in [3.8, 4) is 10.4 Å². The highest BCUT2D eigenvalue weighted by molar-refractivity contribution is 7.19. The van der Waals surface area contributed by atoms with Crippen LogP contribution in [0.1, 0.15) is 9.88 Å². The second-order valence-corrected chi connectivity index (χ2v) is 6.20. The first-order valence-corrected chi connectivity index (χ1v) is 6.99. The number of benzene rings is 1. The fraction of sp³-hybridized carbons (Fsp3) is 0.0714. The summed E-state index contributed by atoms with van der Waals surface area (Å²) < 4.78 is 1.23. The summed E-state index contributed by atoms with van der Waals surface area (Å²) in [6.07, 6.45) is 1.81. The van der Waals surface area contributed by atoms with Crippen LogP contribution in [0, 0.1) is 6.92 Å². The van der Waals surface area contributed by atoms with Crippen LogP contribution in [0.15, 0.2) is 36.9 Å². The van der Waals surface area contributed by atoms with Crippen LogP contribution in [-0.2, 0) is 0 Å². The molecule has 1 nitrogen and oxygen atoms in total. The number of nitrogens with zero attached hydrogens (tertiary/aromatic N) is 1. The normalized spacial score (nSPS) is 10.9. The summed E-state index contributed by atoms with van der Waals surface area (Å²) in [4.78, 5) is 7.14. The molecule has 0 aliphatic heterocycles. The number of fused-ring (bicyclic) bond motifs is 1. The van der Waals surface area contributed by atoms with Gasteiger partial charge in [0.1, 0.15) is 5.01 Å². The summed E-state index contributed by atoms with van der Waals surface area (Å²) in [6.45, 7) is 5.89. The van der Waals surface area contributed by atoms with E-state index < -0.39 is 0 Å². The Morgan fingerprint density at radius 1 is 1.18 bits per heavy atom. The van der Waals surface area contributed by atoms with E-state index in [2.05, 4.69) is 48.8 Å². The highest BCUT2D eigenvalue weighted by atomic mass is 32.1. The summed E-state index contributed by atoms with van der Waals surface area (Å²) in [5.41, 5.74) is 2.33. The van der Waals surface area contributed by atoms with Crippen molar-refractivity contribution in [1.82, 2.24) is 4.98 Å². The van der Waals surface area contributed by atoms with Gasteiger partial charge in [0.15, 0.2) is 0 Å². The number of thiazole rings is 1. The number of thiophene rings is 1. The van der Waals surface area contributed by atoms with Crippen molar-refractivity contribution in [2.24, 2.45) is 0 Å². The lowest BCUT2D eigenvalue weighted by atomic mass is 10.2. The Morgan fingerprint density at radius 3 is 2.76 bits per heavy atom. The zero-order valence-corrected chi connectivity index (χ0v) is 11.1. The fourth-order valence-corrected chi connectivity index (χ4v) is 3.49. The minimum Gasteiger partial charge on any atom is -0.237 e. The van der Waals surface area contributed by atoms with Crippen molar-refractivity contribution in [1.29, 1.82) is 0 Å². The average molecular weight is 257 g/mol. The second kappa shape index (κ2) is 4.09. The van der Waals surface area contributed by atoms with Crippen molar-refractivity contribution in [3.63, 3.8) is 0 Å². The van der Waals surface area contributed by atoms with Crippen LogP contribution in [0.2, 0.25) is 0 Å². The van der Waals surface area contributed by atoms with Gasteiger partial charge in [0.25, 0.3) is 0 Å². The second-order valence-electron chi connectivity index (χ2n) is 3.85. The molecule has 0 saturated carbocycles. The van der Waals surface area contributed by atoms with Gasteiger partial charge in [-0.1, -0.05) is 12.6 Å². The molecule has 0 spiro atoms. The Morgan fingerprint density at radius 2 is 2.06 bits per heavy atom. The van der Waals surface area contributed by atoms with Crippen LogP contribution in [-0.4, -0.2) is 4.98 Å². The molecule has 0 bridgehead atoms. The summed E-state index contributed by atoms with van der Waals surface area (Å²) in [7, 11) is 0. The minimum absolute atomic E-state index is 0.986. The zero-order valence-electron chi connectivity index (χ0n) is 9.43. The van der Waals surface area contributed by atoms with Gasteiger partial charge in [-0.2, -0.15) is 0 Å². The van der Waals surface area contributed by atoms with Crippen molar-refractivity contribution in [2.45, 2.75) is 6.92 Å². The van der Waals surface area contributed by atoms with Crippen molar-refractivity contribution in [3.05, 3.63) is 46.8 Å². The number of aromatic nitrogens is 1. The Labute approximate surface area is 108 Å². The van der Waals surface area contributed by atoms with Gasteiger partial charge >= 0.3 is 0 Å². The van der Waals surface area contributed by atoms with Crippen LogP contribution >= 0.6 is 22.7 Å². The number of rotatable bonds is 2. The van der Waals surface area contributed by atoms with Crippen LogP contribution in [0.3, 0.4) is 0 Å². The van der Waals surface area contributed by atoms with E-state index in [0.29, 0.717) is 0 Å². The lowest BCUT2D eigenvalue weighted by Crippen LogP contribution is -1.72. The maximum absolute atomic E-state index is 4.48. The molecule has 0 amide bonds. The van der Waals surface area contributed by atoms with E-state index in [1.807, 2.05) is 11.3 Å². The van der Waals surface area contributed by atoms with Crippen molar-refractivity contribution in [2.75, 3.05) is 0 Å². The first-order chi connectivity index (χ1) is 8.26. The molecule has 2 heterocycles. The lowest BCUT2D eigenvalue weighted by molar-refractivity contribution is 1.46. The number of hydrogen-bond donors (Lipinski definition) is 0. The molecule has 0 saturated heterocycles. The molecule has 3 rings (SSSR count). The van der Waals surface area contributed by atoms with Gasteiger partial charge in [-0.3, -0.25) is 0 Å². The molecule has 0 aliphatic carbocycles. The number of aryl methyl sites for hydroxylation is 1. The maximum atomic E-state index is 4.48. The molecule has 2 aromatic heterocycles. The summed E-state index contributed by atoms with van der Waals surface area (Å²) >= 11 is 3.51. The van der Waals surface area contributed by atoms with Crippen molar-refractivity contribution >= 4 is 39.0 Å². The van der Waals surface area contributed by atoms with E-state index in [9.17, 15) is 0 Å². The van der Waals surface area contributed by atoms with E-state index in [-0.39, 0.29) is 0 Å². The molecule has 0 radical (unpaired) electrons. The smallest absolute Gasteiger partial charge is 0.116 e. The Kier molecular flexibility index (Phi) is 2.57. The van der Waals surface area contributed by atoms with Crippen molar-refractivity contribution < 1.29 is 0 Å². The molecule has 84 valence electrons. The minimum atomic E-state index is 0.986. The highest BCUT2D eigenvalue weighted by Gasteiger charge is 2.05. The van der Waals surface area contributed by atoms with Gasteiger partial charge in [0.05, 0.1) is 10.2 Å². The molecule has 3 aromatic rings. The largest absolute Gasteiger partial charge is 0.237 e. The highest BCUT2D eigenvalue weighted by Crippen LogP contribution is 2.32. The van der Waals surface area contributed by atoms with E-state index in [4.69, 9.17) is 0 Å². The molecule has 0 aliphatic rings. The maximum Gasteiger partial charge on any atom is 0.116 e. The van der Waals surface area contributed by atoms with Gasteiger partial charge in [-0.05, 0) is 42.8 Å². The molecule has 1 aromatic carbocycles. The van der Waals surface area contributed by atoms with Crippen LogP contribution < -0.4 is 0 Å². The third kappa shape index (κ3) is 1.92. The average Bonchev–Trinajstić information content (AvgIpc) is 2.93. The molecule has 17 heavy (non-hydrogen) atoms. The van der Waals surface area contributed by atoms with Gasteiger partial charge in [-0.15, -0.1) is 22.7 Å². The lowest BCUT2D eigenvalue weighted by Gasteiger charge is -1.96. The standard InChI is InChI=1S/C14H11NS2/c1-3-14-15-11-6-5-10(8-13(11)17-14)12-7-4-9(2)16-12/h3-8H,1H2,2H3. The van der Waals surface area contributed by atoms with Gasteiger partial charge in [0, 0.05) is 9.75 Å². The van der Waals surface area contributed by atoms with Crippen LogP contribution in [0.4, 0.5) is 0 Å². The zero-order chi connectivity index (χ0) is 11.8. The SMILES string of the molecule is C=Cc1nc2ccc(-c3ccc(C)s3)cc2s1. The van der Waals surface area contributed by atoms with Crippen LogP contribution in [0.5, 0.6) is 0 Å². The van der Waals surface area contributed by atoms with E-state index >= 15 is 0 Å². The summed E-state index contributed by atoms with van der Waals surface area (Å²) in [5, 5.41) is 0.986. The van der Waals surface area contributed by atoms with Crippen LogP contribution in [0.25, 0.3) is 26.7 Å². The molecular formula is C14H11NS2. The van der Waals surface area contributed by atoms with E-state index in [1.165, 1.54) is 20.0 Å². The molecule has 0 fully saturated rings. The Hall–Kier alpha value is -1.45. The molecule has 0 N–H and O–H groups in total. The van der Waals surface area contributed by atoms with Gasteiger partial charge in [-0.25, -0.2) is 4.98 Å². The molecular weight excluding hydrogens is 246 g/mol. The third-order valence-electron chi connectivity index (χ3n) is 2.60. The quantitative estimate of drug-likeness (QED) is 0.631. The number of hydrogen-bond acceptors (Lipinski definition) is 3. The van der Waals surface area contributed by atoms with E-state index in [1.54, 1.807) is 17.4 Å². The van der Waals surface area contributed by atoms with Gasteiger partial charge in [0.2, 0.25) is 0 Å². The first-order valence-electron chi connectivity index (χ1n) is 5.36. The predicted molar refractivity (Wildman–Crippen MR) is 77.8 cm³/mol. The summed E-state index contributed by atoms with van der Waals surface area (Å²) in [6, 6.07) is 10.8. The van der Waals surface area contributed by atoms with E-state index in [0.717, 1.165) is 10.5 Å². The van der Waals surface area contributed by atoms with Gasteiger partial charge < -0.3 is 0 Å². The molecule has 0 unspecified atom stereocenters. The predicted octanol–water partition coefficient (Wildman–Crippen LogP) is 4.98. The Bertz CT molecular complexity index is 691. The fourth-order valence-electron chi connectivity index (χ4n) is 1.77. The Balaban J connectivity index is 2.15. The summed E-state index contributed by atoms with van der Waals surface area (Å²) in [5.74, 6) is 0.